The van der Waals surface area contributed by atoms with Crippen LogP contribution in [0.5, 0.6) is 0 Å². The molecule has 0 fully saturated rings. The summed E-state index contributed by atoms with van der Waals surface area (Å²) in [4.78, 5) is 0. The minimum atomic E-state index is 0. The minimum Gasteiger partial charge on any atom is -0.0125 e. The Kier molecular flexibility index (Phi) is 144. The first-order valence-electron chi connectivity index (χ1n) is 0.236. The summed E-state index contributed by atoms with van der Waals surface area (Å²) >= 11 is 0.438. The molecule has 0 aromatic heterocycles. The molecule has 0 aromatic rings. The number of rotatable bonds is 0. The van der Waals surface area contributed by atoms with Crippen LogP contribution in [0.3, 0.4) is 0 Å². The van der Waals surface area contributed by atoms with E-state index in [-0.39, 0.29) is 30.4 Å². The molecule has 1 nitrogen and oxygen atoms in total. The van der Waals surface area contributed by atoms with Crippen LogP contribution in [0, 0.1) is 0 Å². The van der Waals surface area contributed by atoms with Gasteiger partial charge in [-0.15, -0.1) is 0 Å². The summed E-state index contributed by atoms with van der Waals surface area (Å²) in [5.74, 6) is 0. The molecule has 0 amide bonds. The van der Waals surface area contributed by atoms with Gasteiger partial charge in [0.05, 0.1) is 0 Å². The van der Waals surface area contributed by atoms with Gasteiger partial charge < -0.3 is 0 Å². The van der Waals surface area contributed by atoms with Crippen LogP contribution in [0.2, 0.25) is 0 Å². The monoisotopic (exact) mass is 186 g/mol. The van der Waals surface area contributed by atoms with Gasteiger partial charge in [0.15, 0.2) is 0 Å². The molecule has 0 aliphatic heterocycles. The van der Waals surface area contributed by atoms with Gasteiger partial charge in [-0.2, -0.15) is 0 Å². The van der Waals surface area contributed by atoms with Gasteiger partial charge in [-0.25, -0.2) is 0 Å². The second kappa shape index (κ2) is 30.3. The summed E-state index contributed by atoms with van der Waals surface area (Å²) in [6.07, 6.45) is 0. The molecule has 4 heavy (non-hydrogen) atoms. The van der Waals surface area contributed by atoms with Gasteiger partial charge in [0.25, 0.3) is 0 Å². The number of hydrogen-bond donors (Lipinski definition) is 0. The van der Waals surface area contributed by atoms with E-state index in [1.54, 1.807) is 0 Å². The van der Waals surface area contributed by atoms with E-state index in [2.05, 4.69) is 0 Å². The first-order chi connectivity index (χ1) is 1.00. The molecule has 0 rings (SSSR count). The van der Waals surface area contributed by atoms with Crippen molar-refractivity contribution in [3.05, 3.63) is 0 Å². The van der Waals surface area contributed by atoms with Gasteiger partial charge in [0.2, 0.25) is 0 Å². The Bertz CT molecular complexity index is 8.00. The molecule has 0 bridgehead atoms. The first kappa shape index (κ1) is 19.0. The molecule has 0 spiro atoms. The van der Waals surface area contributed by atoms with Crippen LogP contribution in [0.15, 0.2) is 0 Å². The Labute approximate surface area is 50.8 Å². The zero-order valence-corrected chi connectivity index (χ0v) is 10.1. The van der Waals surface area contributed by atoms with Gasteiger partial charge in [-0.1, -0.05) is 0 Å². The van der Waals surface area contributed by atoms with Crippen LogP contribution < -0.4 is 0 Å². The SMILES string of the molecule is [O]=[GeH].[SiH3].[Zn]. The van der Waals surface area contributed by atoms with E-state index >= 15 is 0 Å². The molecule has 0 unspecified atom stereocenters. The fourth-order valence-corrected chi connectivity index (χ4v) is 0. The van der Waals surface area contributed by atoms with Crippen LogP contribution in [0.1, 0.15) is 0 Å². The predicted molar refractivity (Wildman–Crippen MR) is 17.8 cm³/mol. The zero-order chi connectivity index (χ0) is 2.00. The summed E-state index contributed by atoms with van der Waals surface area (Å²) in [5.41, 5.74) is 0. The van der Waals surface area contributed by atoms with E-state index in [9.17, 15) is 0 Å². The molecule has 0 aliphatic rings. The van der Waals surface area contributed by atoms with Crippen LogP contribution >= 0.6 is 0 Å². The van der Waals surface area contributed by atoms with Gasteiger partial charge in [0, 0.05) is 19.5 Å². The quantitative estimate of drug-likeness (QED) is 0.402. The molecule has 0 saturated carbocycles. The Balaban J connectivity index is -0.00000000500. The molecular formula is H4GeOSiZn. The fraction of sp³-hybridized carbons (Fsp3) is 0. The molecule has 0 saturated heterocycles. The molecular weight excluding hydrogens is 182 g/mol. The van der Waals surface area contributed by atoms with Crippen molar-refractivity contribution in [3.63, 3.8) is 0 Å². The molecule has 4 heteroatoms. The van der Waals surface area contributed by atoms with Gasteiger partial charge in [-0.3, -0.25) is 0 Å². The maximum Gasteiger partial charge on any atom is 0 e. The largest absolute Gasteiger partial charge is 0.0125 e. The van der Waals surface area contributed by atoms with Gasteiger partial charge in [-0.05, 0) is 11.0 Å². The topological polar surface area (TPSA) is 17.1 Å². The minimum absolute atomic E-state index is 0. The van der Waals surface area contributed by atoms with E-state index in [0.29, 0.717) is 16.5 Å². The Hall–Kier alpha value is 1.18. The van der Waals surface area contributed by atoms with Crippen molar-refractivity contribution in [3.8, 4) is 0 Å². The van der Waals surface area contributed by atoms with Gasteiger partial charge in [0.1, 0.15) is 0 Å². The summed E-state index contributed by atoms with van der Waals surface area (Å²) in [5, 5.41) is 0. The molecule has 0 aromatic carbocycles. The van der Waals surface area contributed by atoms with Crippen molar-refractivity contribution < 1.29 is 23.3 Å². The summed E-state index contributed by atoms with van der Waals surface area (Å²) < 4.78 is 8.31. The third-order valence-corrected chi connectivity index (χ3v) is 0. The first-order valence-corrected chi connectivity index (χ1v) is 1.22. The maximum absolute atomic E-state index is 8.31. The van der Waals surface area contributed by atoms with Crippen LogP contribution in [-0.4, -0.2) is 27.4 Å². The van der Waals surface area contributed by atoms with Crippen molar-refractivity contribution >= 4 is 27.4 Å². The van der Waals surface area contributed by atoms with Crippen LogP contribution in [0.4, 0.5) is 0 Å². The molecule has 0 atom stereocenters. The van der Waals surface area contributed by atoms with Gasteiger partial charge >= 0.3 is 20.2 Å². The predicted octanol–water partition coefficient (Wildman–Crippen LogP) is -1.95. The maximum atomic E-state index is 8.31. The Morgan fingerprint density at radius 1 is 1.25 bits per heavy atom. The fourth-order valence-electron chi connectivity index (χ4n) is 0. The standard InChI is InChI=1S/GeHO.H3Si.Zn/c1-2;;/h1H;1H3;. The Morgan fingerprint density at radius 3 is 1.25 bits per heavy atom. The molecule has 0 heterocycles. The van der Waals surface area contributed by atoms with Crippen molar-refractivity contribution in [2.24, 2.45) is 0 Å². The van der Waals surface area contributed by atoms with Crippen molar-refractivity contribution in [1.29, 1.82) is 0 Å². The molecule has 2 radical (unpaired) electrons. The van der Waals surface area contributed by atoms with Crippen molar-refractivity contribution in [2.75, 3.05) is 0 Å². The average molecular weight is 186 g/mol. The normalized spacial score (nSPS) is 1.00. The average Bonchev–Trinajstić information content (AvgIpc) is 1.00. The van der Waals surface area contributed by atoms with E-state index in [1.807, 2.05) is 0 Å². The third kappa shape index (κ3) is 10.8. The molecule has 20 valence electrons. The second-order valence-electron chi connectivity index (χ2n) is 0. The summed E-state index contributed by atoms with van der Waals surface area (Å²) in [6.45, 7) is 0. The summed E-state index contributed by atoms with van der Waals surface area (Å²) in [7, 11) is 0. The van der Waals surface area contributed by atoms with Crippen molar-refractivity contribution in [1.82, 2.24) is 0 Å². The van der Waals surface area contributed by atoms with E-state index in [4.69, 9.17) is 3.78 Å². The van der Waals surface area contributed by atoms with E-state index in [0.717, 1.165) is 0 Å². The van der Waals surface area contributed by atoms with Crippen molar-refractivity contribution in [2.45, 2.75) is 0 Å². The second-order valence-corrected chi connectivity index (χ2v) is 0. The van der Waals surface area contributed by atoms with E-state index in [1.165, 1.54) is 0 Å². The van der Waals surface area contributed by atoms with E-state index < -0.39 is 0 Å². The third-order valence-electron chi connectivity index (χ3n) is 0. The number of hydrogen-bond acceptors (Lipinski definition) is 1. The summed E-state index contributed by atoms with van der Waals surface area (Å²) in [6, 6.07) is 0. The zero-order valence-electron chi connectivity index (χ0n) is 2.69. The molecule has 0 aliphatic carbocycles. The van der Waals surface area contributed by atoms with Crippen LogP contribution in [0.25, 0.3) is 0 Å². The smallest absolute Gasteiger partial charge is 0 e. The van der Waals surface area contributed by atoms with Crippen LogP contribution in [-0.2, 0) is 23.3 Å². The molecule has 0 N–H and O–H groups in total. The Morgan fingerprint density at radius 2 is 1.25 bits per heavy atom.